The Morgan fingerprint density at radius 1 is 0.903 bits per heavy atom. The molecule has 1 radical (unpaired) electrons. The van der Waals surface area contributed by atoms with E-state index >= 15 is 0 Å². The maximum Gasteiger partial charge on any atom is 3.00 e. The molecular formula is C27H23Cl2OZr. The summed E-state index contributed by atoms with van der Waals surface area (Å²) in [6.45, 7) is 4.55. The van der Waals surface area contributed by atoms with Crippen molar-refractivity contribution < 1.29 is 56.1 Å². The molecule has 155 valence electrons. The van der Waals surface area contributed by atoms with Crippen molar-refractivity contribution in [1.29, 1.82) is 0 Å². The van der Waals surface area contributed by atoms with Crippen molar-refractivity contribution in [3.05, 3.63) is 110 Å². The van der Waals surface area contributed by atoms with Crippen molar-refractivity contribution in [2.45, 2.75) is 26.2 Å². The molecule has 0 aliphatic heterocycles. The molecule has 4 heteroatoms. The molecule has 0 saturated heterocycles. The molecule has 0 heterocycles. The van der Waals surface area contributed by atoms with Crippen molar-refractivity contribution in [2.75, 3.05) is 6.61 Å². The van der Waals surface area contributed by atoms with Gasteiger partial charge in [0.25, 0.3) is 0 Å². The molecule has 31 heavy (non-hydrogen) atoms. The summed E-state index contributed by atoms with van der Waals surface area (Å²) in [7, 11) is 0. The first kappa shape index (κ1) is 25.8. The fourth-order valence-corrected chi connectivity index (χ4v) is 4.72. The Morgan fingerprint density at radius 3 is 2.35 bits per heavy atom. The molecule has 3 aromatic rings. The van der Waals surface area contributed by atoms with Gasteiger partial charge in [0.05, 0.1) is 0 Å². The van der Waals surface area contributed by atoms with E-state index in [0.29, 0.717) is 6.42 Å². The average Bonchev–Trinajstić information content (AvgIpc) is 3.26. The van der Waals surface area contributed by atoms with Crippen molar-refractivity contribution in [3.63, 3.8) is 0 Å². The average molecular weight is 526 g/mol. The summed E-state index contributed by atoms with van der Waals surface area (Å²) < 4.78 is 0. The molecule has 0 spiro atoms. The van der Waals surface area contributed by atoms with Crippen LogP contribution in [-0.4, -0.2) is 11.7 Å². The molecule has 5 rings (SSSR count). The largest absolute Gasteiger partial charge is 3.00 e. The summed E-state index contributed by atoms with van der Waals surface area (Å²) in [5, 5.41) is 14.6. The van der Waals surface area contributed by atoms with Crippen molar-refractivity contribution in [2.24, 2.45) is 0 Å². The van der Waals surface area contributed by atoms with E-state index in [1.54, 1.807) is 0 Å². The first-order valence-electron chi connectivity index (χ1n) is 9.93. The van der Waals surface area contributed by atoms with Gasteiger partial charge in [-0.2, -0.15) is 0 Å². The summed E-state index contributed by atoms with van der Waals surface area (Å²) in [6.07, 6.45) is 6.75. The van der Waals surface area contributed by atoms with Crippen LogP contribution in [0.3, 0.4) is 0 Å². The minimum absolute atomic E-state index is 0. The Bertz CT molecular complexity index is 1350. The van der Waals surface area contributed by atoms with Gasteiger partial charge in [-0.25, -0.2) is 0 Å². The number of hydrogen-bond donors (Lipinski definition) is 1. The van der Waals surface area contributed by atoms with E-state index in [4.69, 9.17) is 0 Å². The third-order valence-corrected chi connectivity index (χ3v) is 5.96. The summed E-state index contributed by atoms with van der Waals surface area (Å²) in [4.78, 5) is 0. The SMILES string of the molecule is CC(C)=c1ccc2c(c1C1C=C(CCO)c3ccccc31)[C-]=c1ccccc1=2.[Cl-].[Cl-].[Zr+3]. The Kier molecular flexibility index (Phi) is 8.71. The van der Waals surface area contributed by atoms with Crippen LogP contribution < -0.4 is 35.3 Å². The Balaban J connectivity index is 0.00000114. The van der Waals surface area contributed by atoms with E-state index in [1.807, 2.05) is 0 Å². The molecule has 1 unspecified atom stereocenters. The maximum atomic E-state index is 9.57. The Morgan fingerprint density at radius 2 is 1.61 bits per heavy atom. The number of benzene rings is 3. The van der Waals surface area contributed by atoms with Crippen LogP contribution in [0, 0.1) is 10.4 Å². The van der Waals surface area contributed by atoms with Crippen LogP contribution in [0.2, 0.25) is 0 Å². The van der Waals surface area contributed by atoms with Gasteiger partial charge in [0.15, 0.2) is 0 Å². The van der Waals surface area contributed by atoms with Crippen LogP contribution in [0.15, 0.2) is 66.7 Å². The molecule has 0 aromatic heterocycles. The Hall–Kier alpha value is -1.44. The zero-order valence-corrected chi connectivity index (χ0v) is 21.5. The second-order valence-electron chi connectivity index (χ2n) is 7.85. The van der Waals surface area contributed by atoms with Crippen LogP contribution in [0.4, 0.5) is 0 Å². The number of allylic oxidation sites excluding steroid dienone is 1. The van der Waals surface area contributed by atoms with Crippen LogP contribution in [0.25, 0.3) is 17.2 Å². The molecular weight excluding hydrogens is 502 g/mol. The maximum absolute atomic E-state index is 9.57. The summed E-state index contributed by atoms with van der Waals surface area (Å²) in [6, 6.07) is 21.7. The third-order valence-electron chi connectivity index (χ3n) is 5.96. The number of aliphatic hydroxyl groups excluding tert-OH is 1. The molecule has 1 N–H and O–H groups in total. The molecule has 0 bridgehead atoms. The van der Waals surface area contributed by atoms with Crippen molar-refractivity contribution in [1.82, 2.24) is 0 Å². The number of rotatable bonds is 3. The standard InChI is InChI=1S/C27H23O.2ClH.Zr/c1-17(2)20-11-12-24-21-8-4-3-7-18(21)15-26(24)27(20)25-16-19(13-14-28)22-9-5-6-10-23(22)25;;;/h3-12,16,25,28H,13-14H2,1-2H3;2*1H;/q-1;;;+3/p-2. The topological polar surface area (TPSA) is 20.2 Å². The molecule has 2 aliphatic rings. The summed E-state index contributed by atoms with van der Waals surface area (Å²) >= 11 is 0. The Labute approximate surface area is 214 Å². The fraction of sp³-hybridized carbons (Fsp3) is 0.185. The second kappa shape index (κ2) is 10.5. The van der Waals surface area contributed by atoms with Crippen LogP contribution in [-0.2, 0) is 26.2 Å². The van der Waals surface area contributed by atoms with E-state index in [1.165, 1.54) is 54.3 Å². The minimum atomic E-state index is 0. The van der Waals surface area contributed by atoms with E-state index in [0.717, 1.165) is 0 Å². The molecule has 0 fully saturated rings. The fourth-order valence-electron chi connectivity index (χ4n) is 4.72. The van der Waals surface area contributed by atoms with Gasteiger partial charge in [0.2, 0.25) is 0 Å². The minimum Gasteiger partial charge on any atom is -1.00 e. The van der Waals surface area contributed by atoms with Crippen molar-refractivity contribution in [3.8, 4) is 0 Å². The number of halogens is 2. The number of fused-ring (bicyclic) bond motifs is 3. The van der Waals surface area contributed by atoms with Gasteiger partial charge >= 0.3 is 26.2 Å². The van der Waals surface area contributed by atoms with E-state index < -0.39 is 0 Å². The van der Waals surface area contributed by atoms with E-state index in [9.17, 15) is 5.11 Å². The molecule has 0 saturated carbocycles. The van der Waals surface area contributed by atoms with Crippen LogP contribution in [0.5, 0.6) is 0 Å². The molecule has 1 atom stereocenters. The number of hydrogen-bond acceptors (Lipinski definition) is 1. The van der Waals surface area contributed by atoms with Gasteiger partial charge in [0.1, 0.15) is 0 Å². The predicted octanol–water partition coefficient (Wildman–Crippen LogP) is -1.90. The molecule has 2 aliphatic carbocycles. The van der Waals surface area contributed by atoms with Crippen LogP contribution >= 0.6 is 0 Å². The van der Waals surface area contributed by atoms with Gasteiger partial charge in [-0.1, -0.05) is 77.0 Å². The monoisotopic (exact) mass is 523 g/mol. The van der Waals surface area contributed by atoms with Gasteiger partial charge in [-0.15, -0.1) is 33.4 Å². The summed E-state index contributed by atoms with van der Waals surface area (Å²) in [5.41, 5.74) is 7.73. The normalized spacial score (nSPS) is 14.5. The van der Waals surface area contributed by atoms with Gasteiger partial charge < -0.3 is 29.9 Å². The zero-order chi connectivity index (χ0) is 19.3. The quantitative estimate of drug-likeness (QED) is 0.310. The smallest absolute Gasteiger partial charge is 1.00 e. The first-order chi connectivity index (χ1) is 13.7. The molecule has 0 amide bonds. The van der Waals surface area contributed by atoms with Crippen molar-refractivity contribution >= 4 is 17.2 Å². The van der Waals surface area contributed by atoms with Gasteiger partial charge in [0, 0.05) is 12.5 Å². The first-order valence-corrected chi connectivity index (χ1v) is 9.93. The zero-order valence-electron chi connectivity index (χ0n) is 17.5. The van der Waals surface area contributed by atoms with E-state index in [-0.39, 0.29) is 63.5 Å². The second-order valence-corrected chi connectivity index (χ2v) is 7.85. The predicted molar refractivity (Wildman–Crippen MR) is 115 cm³/mol. The molecule has 1 nitrogen and oxygen atoms in total. The summed E-state index contributed by atoms with van der Waals surface area (Å²) in [5.74, 6) is 0.194. The molecule has 3 aromatic carbocycles. The number of aliphatic hydroxyl groups is 1. The van der Waals surface area contributed by atoms with Gasteiger partial charge in [-0.3, -0.25) is 0 Å². The van der Waals surface area contributed by atoms with E-state index in [2.05, 4.69) is 86.7 Å². The third kappa shape index (κ3) is 4.29. The van der Waals surface area contributed by atoms with Gasteiger partial charge in [-0.05, 0) is 37.0 Å². The van der Waals surface area contributed by atoms with Crippen LogP contribution in [0.1, 0.15) is 48.4 Å².